The van der Waals surface area contributed by atoms with Gasteiger partial charge >= 0.3 is 0 Å². The van der Waals surface area contributed by atoms with Gasteiger partial charge in [0.15, 0.2) is 5.82 Å². The van der Waals surface area contributed by atoms with E-state index < -0.39 is 10.2 Å². The van der Waals surface area contributed by atoms with E-state index in [2.05, 4.69) is 39.7 Å². The fraction of sp³-hybridized carbons (Fsp3) is 0.444. The maximum absolute atomic E-state index is 11.8. The van der Waals surface area contributed by atoms with Gasteiger partial charge in [0.2, 0.25) is 0 Å². The summed E-state index contributed by atoms with van der Waals surface area (Å²) in [6.45, 7) is 5.94. The van der Waals surface area contributed by atoms with Gasteiger partial charge in [-0.25, -0.2) is 4.98 Å². The van der Waals surface area contributed by atoms with E-state index in [9.17, 15) is 13.2 Å². The molecule has 0 aromatic carbocycles. The predicted octanol–water partition coefficient (Wildman–Crippen LogP) is -0.180. The van der Waals surface area contributed by atoms with Gasteiger partial charge in [0, 0.05) is 46.3 Å². The molecule has 30 heavy (non-hydrogen) atoms. The van der Waals surface area contributed by atoms with Gasteiger partial charge in [-0.1, -0.05) is 6.92 Å². The highest BCUT2D eigenvalue weighted by atomic mass is 32.2. The van der Waals surface area contributed by atoms with Crippen molar-refractivity contribution in [3.05, 3.63) is 41.9 Å². The second-order valence-corrected chi connectivity index (χ2v) is 8.30. The number of carbonyl (C=O) groups is 1. The van der Waals surface area contributed by atoms with Crippen LogP contribution in [-0.4, -0.2) is 74.2 Å². The number of amides is 1. The Labute approximate surface area is 176 Å². The van der Waals surface area contributed by atoms with Crippen molar-refractivity contribution in [1.82, 2.24) is 30.1 Å². The first-order valence-corrected chi connectivity index (χ1v) is 11.1. The summed E-state index contributed by atoms with van der Waals surface area (Å²) >= 11 is 0. The Bertz CT molecular complexity index is 960. The Balaban J connectivity index is 1.55. The van der Waals surface area contributed by atoms with Gasteiger partial charge in [-0.05, 0) is 23.8 Å². The van der Waals surface area contributed by atoms with Crippen LogP contribution in [0.2, 0.25) is 0 Å². The van der Waals surface area contributed by atoms with Crippen molar-refractivity contribution in [3.8, 4) is 0 Å². The fourth-order valence-corrected chi connectivity index (χ4v) is 3.99. The first kappa shape index (κ1) is 21.9. The second kappa shape index (κ2) is 9.78. The van der Waals surface area contributed by atoms with Crippen molar-refractivity contribution in [3.63, 3.8) is 0 Å². The van der Waals surface area contributed by atoms with E-state index in [0.29, 0.717) is 12.2 Å². The number of piperazine rings is 1. The number of nitrogens with zero attached hydrogens (tertiary/aromatic N) is 5. The molecule has 1 aliphatic rings. The molecular formula is C18H26N8O3S. The van der Waals surface area contributed by atoms with Crippen LogP contribution in [0, 0.1) is 0 Å². The maximum atomic E-state index is 11.8. The quantitative estimate of drug-likeness (QED) is 0.521. The van der Waals surface area contributed by atoms with Crippen molar-refractivity contribution in [1.29, 1.82) is 0 Å². The normalized spacial score (nSPS) is 15.1. The second-order valence-electron chi connectivity index (χ2n) is 6.80. The Kier molecular flexibility index (Phi) is 7.13. The van der Waals surface area contributed by atoms with Crippen LogP contribution in [0.25, 0.3) is 0 Å². The standard InChI is InChI=1S/C18H26N8O3S/c1-3-22-30(28,29)24-17-10-14(11-21-23-17)13-25-6-8-26(9-7-25)15-4-5-16(20-12-15)18(27)19-2/h4-5,10-12,22H,3,6-9,13H2,1-2H3,(H,19,27)(H,23,24). The molecule has 0 unspecified atom stereocenters. The third kappa shape index (κ3) is 5.84. The summed E-state index contributed by atoms with van der Waals surface area (Å²) < 4.78 is 28.4. The molecule has 3 N–H and O–H groups in total. The van der Waals surface area contributed by atoms with Crippen LogP contribution in [0.3, 0.4) is 0 Å². The molecular weight excluding hydrogens is 408 g/mol. The SMILES string of the molecule is CCNS(=O)(=O)Nc1cc(CN2CCN(c3ccc(C(=O)NC)nc3)CC2)cnn1. The molecule has 0 atom stereocenters. The topological polar surface area (TPSA) is 132 Å². The molecule has 0 radical (unpaired) electrons. The molecule has 1 aliphatic heterocycles. The minimum Gasteiger partial charge on any atom is -0.368 e. The van der Waals surface area contributed by atoms with E-state index in [0.717, 1.165) is 37.4 Å². The molecule has 3 rings (SSSR count). The average Bonchev–Trinajstić information content (AvgIpc) is 2.74. The summed E-state index contributed by atoms with van der Waals surface area (Å²) in [6.07, 6.45) is 3.36. The molecule has 1 fully saturated rings. The van der Waals surface area contributed by atoms with E-state index in [1.165, 1.54) is 0 Å². The number of nitrogens with one attached hydrogen (secondary N) is 3. The summed E-state index contributed by atoms with van der Waals surface area (Å²) in [5, 5.41) is 10.3. The average molecular weight is 435 g/mol. The van der Waals surface area contributed by atoms with Crippen LogP contribution in [0.15, 0.2) is 30.6 Å². The van der Waals surface area contributed by atoms with E-state index >= 15 is 0 Å². The van der Waals surface area contributed by atoms with Crippen LogP contribution in [0.5, 0.6) is 0 Å². The minimum absolute atomic E-state index is 0.189. The molecule has 0 saturated carbocycles. The monoisotopic (exact) mass is 434 g/mol. The van der Waals surface area contributed by atoms with Gasteiger partial charge in [0.1, 0.15) is 5.69 Å². The smallest absolute Gasteiger partial charge is 0.300 e. The Morgan fingerprint density at radius 2 is 1.93 bits per heavy atom. The zero-order valence-electron chi connectivity index (χ0n) is 17.0. The Hall–Kier alpha value is -2.83. The number of pyridine rings is 1. The minimum atomic E-state index is -3.64. The highest BCUT2D eigenvalue weighted by molar-refractivity contribution is 7.90. The Morgan fingerprint density at radius 1 is 1.17 bits per heavy atom. The van der Waals surface area contributed by atoms with Crippen LogP contribution >= 0.6 is 0 Å². The summed E-state index contributed by atoms with van der Waals surface area (Å²) in [4.78, 5) is 20.3. The summed E-state index contributed by atoms with van der Waals surface area (Å²) in [6, 6.07) is 5.32. The summed E-state index contributed by atoms with van der Waals surface area (Å²) in [7, 11) is -2.06. The Morgan fingerprint density at radius 3 is 2.57 bits per heavy atom. The molecule has 0 aliphatic carbocycles. The van der Waals surface area contributed by atoms with Gasteiger partial charge in [-0.15, -0.1) is 5.10 Å². The van der Waals surface area contributed by atoms with Crippen LogP contribution in [0.1, 0.15) is 23.0 Å². The first-order chi connectivity index (χ1) is 14.4. The lowest BCUT2D eigenvalue weighted by molar-refractivity contribution is 0.0958. The van der Waals surface area contributed by atoms with Crippen LogP contribution in [0.4, 0.5) is 11.5 Å². The lowest BCUT2D eigenvalue weighted by atomic mass is 10.2. The molecule has 12 heteroatoms. The van der Waals surface area contributed by atoms with E-state index in [1.54, 1.807) is 38.5 Å². The number of hydrogen-bond donors (Lipinski definition) is 3. The molecule has 0 spiro atoms. The van der Waals surface area contributed by atoms with Crippen molar-refractivity contribution in [2.75, 3.05) is 49.4 Å². The summed E-state index contributed by atoms with van der Waals surface area (Å²) in [5.41, 5.74) is 2.25. The molecule has 1 saturated heterocycles. The molecule has 2 aromatic rings. The fourth-order valence-electron chi connectivity index (χ4n) is 3.16. The van der Waals surface area contributed by atoms with Crippen LogP contribution < -0.4 is 19.7 Å². The third-order valence-corrected chi connectivity index (χ3v) is 5.78. The van der Waals surface area contributed by atoms with E-state index in [-0.39, 0.29) is 18.3 Å². The zero-order chi connectivity index (χ0) is 21.6. The number of aromatic nitrogens is 3. The predicted molar refractivity (Wildman–Crippen MR) is 113 cm³/mol. The van der Waals surface area contributed by atoms with Gasteiger partial charge in [0.05, 0.1) is 18.1 Å². The number of hydrogen-bond acceptors (Lipinski definition) is 8. The largest absolute Gasteiger partial charge is 0.368 e. The lowest BCUT2D eigenvalue weighted by Crippen LogP contribution is -2.46. The van der Waals surface area contributed by atoms with Crippen LogP contribution in [-0.2, 0) is 16.8 Å². The lowest BCUT2D eigenvalue weighted by Gasteiger charge is -2.35. The van der Waals surface area contributed by atoms with Crippen molar-refractivity contribution >= 4 is 27.6 Å². The van der Waals surface area contributed by atoms with Gasteiger partial charge in [0.25, 0.3) is 16.1 Å². The van der Waals surface area contributed by atoms with E-state index in [1.807, 2.05) is 6.07 Å². The molecule has 0 bridgehead atoms. The molecule has 11 nitrogen and oxygen atoms in total. The van der Waals surface area contributed by atoms with Gasteiger partial charge in [-0.3, -0.25) is 14.4 Å². The molecule has 2 aromatic heterocycles. The number of anilines is 2. The number of carbonyl (C=O) groups excluding carboxylic acids is 1. The van der Waals surface area contributed by atoms with Crippen molar-refractivity contribution in [2.45, 2.75) is 13.5 Å². The maximum Gasteiger partial charge on any atom is 0.300 e. The molecule has 162 valence electrons. The zero-order valence-corrected chi connectivity index (χ0v) is 17.8. The van der Waals surface area contributed by atoms with Gasteiger partial charge < -0.3 is 10.2 Å². The van der Waals surface area contributed by atoms with Crippen molar-refractivity contribution < 1.29 is 13.2 Å². The van der Waals surface area contributed by atoms with E-state index in [4.69, 9.17) is 0 Å². The summed E-state index contributed by atoms with van der Waals surface area (Å²) in [5.74, 6) is -0.0150. The highest BCUT2D eigenvalue weighted by Crippen LogP contribution is 2.17. The first-order valence-electron chi connectivity index (χ1n) is 9.64. The van der Waals surface area contributed by atoms with Gasteiger partial charge in [-0.2, -0.15) is 18.2 Å². The number of rotatable bonds is 8. The molecule has 3 heterocycles. The highest BCUT2D eigenvalue weighted by Gasteiger charge is 2.19. The third-order valence-electron chi connectivity index (χ3n) is 4.64. The van der Waals surface area contributed by atoms with Crippen molar-refractivity contribution in [2.24, 2.45) is 0 Å². The molecule has 1 amide bonds.